The highest BCUT2D eigenvalue weighted by molar-refractivity contribution is 7.10. The Balaban J connectivity index is 1.64. The molecule has 5 heteroatoms. The summed E-state index contributed by atoms with van der Waals surface area (Å²) in [6.45, 7) is 3.20. The molecule has 0 saturated carbocycles. The summed E-state index contributed by atoms with van der Waals surface area (Å²) >= 11 is 1.61. The minimum atomic E-state index is -0.409. The first-order valence-electron chi connectivity index (χ1n) is 7.25. The Morgan fingerprint density at radius 2 is 2.38 bits per heavy atom. The van der Waals surface area contributed by atoms with Gasteiger partial charge in [-0.25, -0.2) is 0 Å². The maximum Gasteiger partial charge on any atom is 0.0897 e. The minimum Gasteiger partial charge on any atom is -0.388 e. The van der Waals surface area contributed by atoms with Gasteiger partial charge in [0.15, 0.2) is 0 Å². The second-order valence-corrected chi connectivity index (χ2v) is 6.31. The van der Waals surface area contributed by atoms with Crippen LogP contribution < -0.4 is 0 Å². The number of aliphatic hydroxyl groups excluding tert-OH is 1. The Bertz CT molecular complexity index is 532. The first kappa shape index (κ1) is 14.7. The number of morpholine rings is 1. The molecule has 1 saturated heterocycles. The molecule has 0 amide bonds. The van der Waals surface area contributed by atoms with Crippen molar-refractivity contribution in [1.29, 1.82) is 0 Å². The molecule has 2 unspecified atom stereocenters. The molecule has 0 aromatic carbocycles. The van der Waals surface area contributed by atoms with Gasteiger partial charge in [0, 0.05) is 36.4 Å². The molecule has 0 radical (unpaired) electrons. The molecule has 0 bridgehead atoms. The number of thiophene rings is 1. The number of hydrogen-bond acceptors (Lipinski definition) is 5. The summed E-state index contributed by atoms with van der Waals surface area (Å²) < 4.78 is 5.60. The Kier molecular flexibility index (Phi) is 4.98. The molecule has 2 aromatic heterocycles. The van der Waals surface area contributed by atoms with E-state index >= 15 is 0 Å². The molecular formula is C16H20N2O2S. The fourth-order valence-electron chi connectivity index (χ4n) is 2.70. The van der Waals surface area contributed by atoms with Gasteiger partial charge in [-0.15, -0.1) is 11.3 Å². The second-order valence-electron chi connectivity index (χ2n) is 5.33. The van der Waals surface area contributed by atoms with Gasteiger partial charge in [-0.1, -0.05) is 12.1 Å². The first-order valence-corrected chi connectivity index (χ1v) is 8.13. The summed E-state index contributed by atoms with van der Waals surface area (Å²) in [5, 5.41) is 12.4. The van der Waals surface area contributed by atoms with Gasteiger partial charge in [-0.2, -0.15) is 0 Å². The topological polar surface area (TPSA) is 45.6 Å². The van der Waals surface area contributed by atoms with Crippen molar-refractivity contribution in [2.24, 2.45) is 0 Å². The van der Waals surface area contributed by atoms with Crippen molar-refractivity contribution in [3.63, 3.8) is 0 Å². The predicted octanol–water partition coefficient (Wildman–Crippen LogP) is 2.47. The summed E-state index contributed by atoms with van der Waals surface area (Å²) in [7, 11) is 0. The van der Waals surface area contributed by atoms with Gasteiger partial charge in [-0.3, -0.25) is 9.88 Å². The number of hydrogen-bond donors (Lipinski definition) is 1. The highest BCUT2D eigenvalue weighted by Crippen LogP contribution is 2.26. The van der Waals surface area contributed by atoms with Crippen LogP contribution in [0.1, 0.15) is 23.0 Å². The smallest absolute Gasteiger partial charge is 0.0897 e. The van der Waals surface area contributed by atoms with E-state index in [0.717, 1.165) is 24.6 Å². The average molecular weight is 304 g/mol. The van der Waals surface area contributed by atoms with Crippen LogP contribution in [0, 0.1) is 0 Å². The molecule has 1 fully saturated rings. The van der Waals surface area contributed by atoms with E-state index in [1.54, 1.807) is 17.5 Å². The van der Waals surface area contributed by atoms with E-state index in [-0.39, 0.29) is 6.04 Å². The summed E-state index contributed by atoms with van der Waals surface area (Å²) in [6, 6.07) is 8.27. The lowest BCUT2D eigenvalue weighted by molar-refractivity contribution is -0.0296. The average Bonchev–Trinajstić information content (AvgIpc) is 3.05. The van der Waals surface area contributed by atoms with E-state index in [9.17, 15) is 5.11 Å². The van der Waals surface area contributed by atoms with Crippen molar-refractivity contribution in [3.8, 4) is 0 Å². The zero-order valence-electron chi connectivity index (χ0n) is 11.9. The van der Waals surface area contributed by atoms with Crippen molar-refractivity contribution in [2.45, 2.75) is 25.1 Å². The first-order chi connectivity index (χ1) is 10.3. The molecule has 0 aliphatic carbocycles. The SMILES string of the molecule is OC(CC1COCCN1Cc1cccnc1)c1cccs1. The Morgan fingerprint density at radius 3 is 3.14 bits per heavy atom. The monoisotopic (exact) mass is 304 g/mol. The van der Waals surface area contributed by atoms with Crippen molar-refractivity contribution in [1.82, 2.24) is 9.88 Å². The minimum absolute atomic E-state index is 0.246. The van der Waals surface area contributed by atoms with Crippen LogP contribution in [-0.2, 0) is 11.3 Å². The zero-order chi connectivity index (χ0) is 14.5. The number of rotatable bonds is 5. The lowest BCUT2D eigenvalue weighted by Crippen LogP contribution is -2.45. The van der Waals surface area contributed by atoms with E-state index in [1.807, 2.05) is 29.8 Å². The van der Waals surface area contributed by atoms with Crippen LogP contribution in [0.5, 0.6) is 0 Å². The van der Waals surface area contributed by atoms with Gasteiger partial charge in [0.2, 0.25) is 0 Å². The van der Waals surface area contributed by atoms with Crippen LogP contribution in [0.25, 0.3) is 0 Å². The number of aliphatic hydroxyl groups is 1. The molecule has 1 aliphatic heterocycles. The number of nitrogens with zero attached hydrogens (tertiary/aromatic N) is 2. The fourth-order valence-corrected chi connectivity index (χ4v) is 3.42. The number of aromatic nitrogens is 1. The highest BCUT2D eigenvalue weighted by Gasteiger charge is 2.26. The van der Waals surface area contributed by atoms with E-state index < -0.39 is 6.10 Å². The van der Waals surface area contributed by atoms with Crippen LogP contribution in [0.4, 0.5) is 0 Å². The van der Waals surface area contributed by atoms with Gasteiger partial charge in [0.05, 0.1) is 19.3 Å². The van der Waals surface area contributed by atoms with Gasteiger partial charge in [0.25, 0.3) is 0 Å². The highest BCUT2D eigenvalue weighted by atomic mass is 32.1. The third kappa shape index (κ3) is 3.89. The van der Waals surface area contributed by atoms with E-state index in [0.29, 0.717) is 13.0 Å². The van der Waals surface area contributed by atoms with Crippen LogP contribution in [0.2, 0.25) is 0 Å². The van der Waals surface area contributed by atoms with Gasteiger partial charge in [-0.05, 0) is 29.5 Å². The van der Waals surface area contributed by atoms with Gasteiger partial charge in [0.1, 0.15) is 0 Å². The molecule has 4 nitrogen and oxygen atoms in total. The number of ether oxygens (including phenoxy) is 1. The predicted molar refractivity (Wildman–Crippen MR) is 83.1 cm³/mol. The van der Waals surface area contributed by atoms with Crippen molar-refractivity contribution in [3.05, 3.63) is 52.5 Å². The molecule has 0 spiro atoms. The van der Waals surface area contributed by atoms with Crippen LogP contribution in [0.3, 0.4) is 0 Å². The maximum absolute atomic E-state index is 10.4. The molecule has 2 atom stereocenters. The molecule has 3 rings (SSSR count). The van der Waals surface area contributed by atoms with Crippen molar-refractivity contribution < 1.29 is 9.84 Å². The van der Waals surface area contributed by atoms with E-state index in [2.05, 4.69) is 16.0 Å². The molecule has 1 N–H and O–H groups in total. The zero-order valence-corrected chi connectivity index (χ0v) is 12.7. The van der Waals surface area contributed by atoms with E-state index in [4.69, 9.17) is 4.74 Å². The largest absolute Gasteiger partial charge is 0.388 e. The molecule has 21 heavy (non-hydrogen) atoms. The Morgan fingerprint density at radius 1 is 1.43 bits per heavy atom. The lowest BCUT2D eigenvalue weighted by Gasteiger charge is -2.36. The molecule has 112 valence electrons. The second kappa shape index (κ2) is 7.13. The van der Waals surface area contributed by atoms with Gasteiger partial charge < -0.3 is 9.84 Å². The summed E-state index contributed by atoms with van der Waals surface area (Å²) in [6.07, 6.45) is 4.00. The standard InChI is InChI=1S/C16H20N2O2S/c19-15(16-4-2-8-21-16)9-14-12-20-7-6-18(14)11-13-3-1-5-17-10-13/h1-5,8,10,14-15,19H,6-7,9,11-12H2. The maximum atomic E-state index is 10.4. The molecule has 3 heterocycles. The fraction of sp³-hybridized carbons (Fsp3) is 0.438. The third-order valence-electron chi connectivity index (χ3n) is 3.82. The van der Waals surface area contributed by atoms with Gasteiger partial charge >= 0.3 is 0 Å². The quantitative estimate of drug-likeness (QED) is 0.922. The van der Waals surface area contributed by atoms with Crippen molar-refractivity contribution >= 4 is 11.3 Å². The third-order valence-corrected chi connectivity index (χ3v) is 4.80. The molecular weight excluding hydrogens is 284 g/mol. The lowest BCUT2D eigenvalue weighted by atomic mass is 10.1. The van der Waals surface area contributed by atoms with Crippen LogP contribution in [-0.4, -0.2) is 40.8 Å². The van der Waals surface area contributed by atoms with Crippen LogP contribution in [0.15, 0.2) is 42.0 Å². The normalized spacial score (nSPS) is 21.3. The summed E-state index contributed by atoms with van der Waals surface area (Å²) in [4.78, 5) is 7.59. The van der Waals surface area contributed by atoms with Crippen LogP contribution >= 0.6 is 11.3 Å². The summed E-state index contributed by atoms with van der Waals surface area (Å²) in [5.74, 6) is 0. The Hall–Kier alpha value is -1.27. The Labute approximate surface area is 129 Å². The van der Waals surface area contributed by atoms with Crippen molar-refractivity contribution in [2.75, 3.05) is 19.8 Å². The molecule has 2 aromatic rings. The summed E-state index contributed by atoms with van der Waals surface area (Å²) in [5.41, 5.74) is 1.20. The number of pyridine rings is 1. The van der Waals surface area contributed by atoms with E-state index in [1.165, 1.54) is 5.56 Å². The molecule has 1 aliphatic rings.